The molecule has 1 aromatic carbocycles. The van der Waals surface area contributed by atoms with Gasteiger partial charge in [0.15, 0.2) is 0 Å². The summed E-state index contributed by atoms with van der Waals surface area (Å²) in [6.45, 7) is 4.13. The fourth-order valence-electron chi connectivity index (χ4n) is 2.68. The molecule has 0 aliphatic carbocycles. The molecule has 0 bridgehead atoms. The van der Waals surface area contributed by atoms with E-state index in [9.17, 15) is 0 Å². The molecule has 1 aliphatic heterocycles. The summed E-state index contributed by atoms with van der Waals surface area (Å²) in [6.07, 6.45) is 8.47. The standard InChI is InChI=1S/C19H21N3/c1-16-6-9-18(10-7-16)19(11-8-17(14-20)15-21)22-12-4-2-3-5-13-22/h6-11H,2-5,12-13H2,1H3. The van der Waals surface area contributed by atoms with E-state index in [1.54, 1.807) is 6.08 Å². The Morgan fingerprint density at radius 2 is 1.55 bits per heavy atom. The fourth-order valence-corrected chi connectivity index (χ4v) is 2.68. The van der Waals surface area contributed by atoms with Crippen molar-refractivity contribution in [1.29, 1.82) is 10.5 Å². The largest absolute Gasteiger partial charge is 0.371 e. The number of aryl methyl sites for hydroxylation is 1. The van der Waals surface area contributed by atoms with Crippen LogP contribution < -0.4 is 0 Å². The van der Waals surface area contributed by atoms with E-state index in [-0.39, 0.29) is 5.57 Å². The predicted molar refractivity (Wildman–Crippen MR) is 88.5 cm³/mol. The van der Waals surface area contributed by atoms with Crippen LogP contribution in [-0.2, 0) is 0 Å². The van der Waals surface area contributed by atoms with Crippen LogP contribution in [0.5, 0.6) is 0 Å². The smallest absolute Gasteiger partial charge is 0.129 e. The fraction of sp³-hybridized carbons (Fsp3) is 0.368. The van der Waals surface area contributed by atoms with Gasteiger partial charge in [-0.25, -0.2) is 0 Å². The summed E-state index contributed by atoms with van der Waals surface area (Å²) < 4.78 is 0. The van der Waals surface area contributed by atoms with Gasteiger partial charge in [-0.15, -0.1) is 0 Å². The van der Waals surface area contributed by atoms with Gasteiger partial charge in [0.1, 0.15) is 17.7 Å². The molecular formula is C19H21N3. The van der Waals surface area contributed by atoms with Crippen LogP contribution in [0.2, 0.25) is 0 Å². The zero-order valence-electron chi connectivity index (χ0n) is 13.0. The summed E-state index contributed by atoms with van der Waals surface area (Å²) in [4.78, 5) is 2.38. The lowest BCUT2D eigenvalue weighted by Gasteiger charge is -2.26. The molecule has 3 heteroatoms. The lowest BCUT2D eigenvalue weighted by atomic mass is 10.1. The minimum absolute atomic E-state index is 0.138. The summed E-state index contributed by atoms with van der Waals surface area (Å²) >= 11 is 0. The van der Waals surface area contributed by atoms with E-state index in [0.29, 0.717) is 0 Å². The van der Waals surface area contributed by atoms with Crippen molar-refractivity contribution < 1.29 is 0 Å². The van der Waals surface area contributed by atoms with Gasteiger partial charge in [-0.1, -0.05) is 42.7 Å². The van der Waals surface area contributed by atoms with E-state index in [4.69, 9.17) is 10.5 Å². The highest BCUT2D eigenvalue weighted by Crippen LogP contribution is 2.24. The maximum absolute atomic E-state index is 8.92. The SMILES string of the molecule is Cc1ccc(C(=CC=C(C#N)C#N)N2CCCCCC2)cc1. The van der Waals surface area contributed by atoms with Crippen LogP contribution in [0, 0.1) is 29.6 Å². The van der Waals surface area contributed by atoms with Crippen LogP contribution >= 0.6 is 0 Å². The Labute approximate surface area is 132 Å². The Morgan fingerprint density at radius 3 is 2.09 bits per heavy atom. The van der Waals surface area contributed by atoms with Crippen LogP contribution in [-0.4, -0.2) is 18.0 Å². The second-order valence-electron chi connectivity index (χ2n) is 5.62. The first-order chi connectivity index (χ1) is 10.7. The van der Waals surface area contributed by atoms with E-state index >= 15 is 0 Å². The summed E-state index contributed by atoms with van der Waals surface area (Å²) in [6, 6.07) is 12.3. The van der Waals surface area contributed by atoms with Gasteiger partial charge < -0.3 is 4.90 Å². The molecule has 0 N–H and O–H groups in total. The predicted octanol–water partition coefficient (Wildman–Crippen LogP) is 4.19. The van der Waals surface area contributed by atoms with Crippen molar-refractivity contribution in [3.63, 3.8) is 0 Å². The molecule has 0 unspecified atom stereocenters. The second kappa shape index (κ2) is 8.05. The highest BCUT2D eigenvalue weighted by Gasteiger charge is 2.13. The second-order valence-corrected chi connectivity index (χ2v) is 5.62. The highest BCUT2D eigenvalue weighted by molar-refractivity contribution is 5.66. The zero-order chi connectivity index (χ0) is 15.8. The zero-order valence-corrected chi connectivity index (χ0v) is 13.0. The maximum atomic E-state index is 8.92. The van der Waals surface area contributed by atoms with Gasteiger partial charge in [0.05, 0.1) is 0 Å². The van der Waals surface area contributed by atoms with Crippen molar-refractivity contribution in [2.45, 2.75) is 32.6 Å². The van der Waals surface area contributed by atoms with Gasteiger partial charge in [0.2, 0.25) is 0 Å². The summed E-state index contributed by atoms with van der Waals surface area (Å²) in [5, 5.41) is 17.8. The lowest BCUT2D eigenvalue weighted by Crippen LogP contribution is -2.23. The van der Waals surface area contributed by atoms with Crippen molar-refractivity contribution in [3.8, 4) is 12.1 Å². The summed E-state index contributed by atoms with van der Waals surface area (Å²) in [5.74, 6) is 0. The number of allylic oxidation sites excluding steroid dienone is 3. The van der Waals surface area contributed by atoms with Gasteiger partial charge in [-0.3, -0.25) is 0 Å². The van der Waals surface area contributed by atoms with E-state index < -0.39 is 0 Å². The van der Waals surface area contributed by atoms with Crippen LogP contribution in [0.4, 0.5) is 0 Å². The molecule has 22 heavy (non-hydrogen) atoms. The number of rotatable bonds is 3. The first-order valence-electron chi connectivity index (χ1n) is 7.79. The number of nitriles is 2. The molecule has 0 amide bonds. The first-order valence-corrected chi connectivity index (χ1v) is 7.79. The molecule has 2 rings (SSSR count). The van der Waals surface area contributed by atoms with Crippen LogP contribution in [0.1, 0.15) is 36.8 Å². The molecule has 0 radical (unpaired) electrons. The van der Waals surface area contributed by atoms with Gasteiger partial charge in [0, 0.05) is 18.8 Å². The normalized spacial score (nSPS) is 15.4. The van der Waals surface area contributed by atoms with Gasteiger partial charge in [-0.05, 0) is 37.5 Å². The average Bonchev–Trinajstić information content (AvgIpc) is 2.82. The number of benzene rings is 1. The molecule has 0 spiro atoms. The van der Waals surface area contributed by atoms with Crippen molar-refractivity contribution in [2.75, 3.05) is 13.1 Å². The van der Waals surface area contributed by atoms with Crippen LogP contribution in [0.15, 0.2) is 42.0 Å². The number of nitrogens with zero attached hydrogens (tertiary/aromatic N) is 3. The average molecular weight is 291 g/mol. The van der Waals surface area contributed by atoms with Crippen molar-refractivity contribution in [3.05, 3.63) is 53.1 Å². The molecule has 112 valence electrons. The first kappa shape index (κ1) is 15.9. The van der Waals surface area contributed by atoms with E-state index in [0.717, 1.165) is 24.4 Å². The Bertz CT molecular complexity index is 615. The van der Waals surface area contributed by atoms with E-state index in [1.807, 2.05) is 18.2 Å². The number of hydrogen-bond donors (Lipinski definition) is 0. The van der Waals surface area contributed by atoms with Crippen molar-refractivity contribution >= 4 is 5.70 Å². The molecule has 3 nitrogen and oxygen atoms in total. The highest BCUT2D eigenvalue weighted by atomic mass is 15.1. The molecule has 1 aromatic rings. The molecule has 1 aliphatic rings. The topological polar surface area (TPSA) is 50.8 Å². The minimum Gasteiger partial charge on any atom is -0.371 e. The molecule has 0 atom stereocenters. The third kappa shape index (κ3) is 4.24. The maximum Gasteiger partial charge on any atom is 0.129 e. The van der Waals surface area contributed by atoms with Gasteiger partial charge >= 0.3 is 0 Å². The third-order valence-electron chi connectivity index (χ3n) is 3.94. The van der Waals surface area contributed by atoms with Crippen molar-refractivity contribution in [2.24, 2.45) is 0 Å². The molecular weight excluding hydrogens is 270 g/mol. The van der Waals surface area contributed by atoms with E-state index in [2.05, 4.69) is 36.1 Å². The third-order valence-corrected chi connectivity index (χ3v) is 3.94. The summed E-state index contributed by atoms with van der Waals surface area (Å²) in [7, 11) is 0. The number of likely N-dealkylation sites (tertiary alicyclic amines) is 1. The van der Waals surface area contributed by atoms with Crippen LogP contribution in [0.3, 0.4) is 0 Å². The Hall–Kier alpha value is -2.52. The van der Waals surface area contributed by atoms with Gasteiger partial charge in [-0.2, -0.15) is 10.5 Å². The minimum atomic E-state index is 0.138. The van der Waals surface area contributed by atoms with Crippen molar-refractivity contribution in [1.82, 2.24) is 4.90 Å². The van der Waals surface area contributed by atoms with Crippen LogP contribution in [0.25, 0.3) is 5.70 Å². The Balaban J connectivity index is 2.37. The molecule has 1 saturated heterocycles. The Kier molecular flexibility index (Phi) is 5.81. The molecule has 0 aromatic heterocycles. The Morgan fingerprint density at radius 1 is 0.955 bits per heavy atom. The van der Waals surface area contributed by atoms with E-state index in [1.165, 1.54) is 31.2 Å². The summed E-state index contributed by atoms with van der Waals surface area (Å²) in [5.41, 5.74) is 3.60. The lowest BCUT2D eigenvalue weighted by molar-refractivity contribution is 0.413. The number of hydrogen-bond acceptors (Lipinski definition) is 3. The quantitative estimate of drug-likeness (QED) is 0.620. The molecule has 1 heterocycles. The monoisotopic (exact) mass is 291 g/mol. The van der Waals surface area contributed by atoms with Gasteiger partial charge in [0.25, 0.3) is 0 Å². The molecule has 1 fully saturated rings. The molecule has 0 saturated carbocycles.